The summed E-state index contributed by atoms with van der Waals surface area (Å²) >= 11 is 0. The molecule has 0 aliphatic heterocycles. The standard InChI is InChI=1S/C20H28N4O/c1-22(2)14-15-24(13-7-10-18-8-5-4-6-9-18)20(25)12-11-19-16-21-23(3)17-19/h4-6,8-9,11-12,16-17H,7,10,13-15H2,1-3H3/b12-11+. The highest BCUT2D eigenvalue weighted by Gasteiger charge is 2.11. The van der Waals surface area contributed by atoms with E-state index in [2.05, 4.69) is 34.3 Å². The Labute approximate surface area is 150 Å². The van der Waals surface area contributed by atoms with Gasteiger partial charge in [-0.3, -0.25) is 9.48 Å². The number of hydrogen-bond acceptors (Lipinski definition) is 3. The SMILES string of the molecule is CN(C)CCN(CCCc1ccccc1)C(=O)/C=C/c1cnn(C)c1. The first-order valence-electron chi connectivity index (χ1n) is 8.69. The van der Waals surface area contributed by atoms with E-state index in [4.69, 9.17) is 0 Å². The van der Waals surface area contributed by atoms with Crippen LogP contribution in [0.25, 0.3) is 6.08 Å². The molecule has 0 unspecified atom stereocenters. The molecule has 1 heterocycles. The van der Waals surface area contributed by atoms with Gasteiger partial charge in [0, 0.05) is 44.5 Å². The molecule has 0 saturated heterocycles. The van der Waals surface area contributed by atoms with Crippen LogP contribution < -0.4 is 0 Å². The molecule has 0 saturated carbocycles. The molecule has 134 valence electrons. The van der Waals surface area contributed by atoms with Crippen LogP contribution in [0.2, 0.25) is 0 Å². The fraction of sp³-hybridized carbons (Fsp3) is 0.400. The molecule has 25 heavy (non-hydrogen) atoms. The molecular formula is C20H28N4O. The van der Waals surface area contributed by atoms with Crippen LogP contribution in [-0.2, 0) is 18.3 Å². The monoisotopic (exact) mass is 340 g/mol. The zero-order valence-electron chi connectivity index (χ0n) is 15.4. The molecule has 0 atom stereocenters. The Balaban J connectivity index is 1.91. The zero-order chi connectivity index (χ0) is 18.1. The molecule has 1 amide bonds. The third-order valence-corrected chi connectivity index (χ3v) is 4.01. The first-order chi connectivity index (χ1) is 12.0. The summed E-state index contributed by atoms with van der Waals surface area (Å²) in [4.78, 5) is 16.6. The lowest BCUT2D eigenvalue weighted by molar-refractivity contribution is -0.126. The Kier molecular flexibility index (Phi) is 7.41. The average molecular weight is 340 g/mol. The molecule has 0 spiro atoms. The second-order valence-corrected chi connectivity index (χ2v) is 6.50. The lowest BCUT2D eigenvalue weighted by Gasteiger charge is -2.23. The average Bonchev–Trinajstić information content (AvgIpc) is 3.02. The van der Waals surface area contributed by atoms with Crippen LogP contribution in [-0.4, -0.2) is 59.2 Å². The number of hydrogen-bond donors (Lipinski definition) is 0. The van der Waals surface area contributed by atoms with E-state index in [1.807, 2.05) is 44.4 Å². The molecule has 1 aromatic carbocycles. The van der Waals surface area contributed by atoms with E-state index in [0.29, 0.717) is 0 Å². The van der Waals surface area contributed by atoms with E-state index in [1.165, 1.54) is 5.56 Å². The highest BCUT2D eigenvalue weighted by Crippen LogP contribution is 2.06. The molecule has 5 heteroatoms. The van der Waals surface area contributed by atoms with Crippen molar-refractivity contribution in [2.24, 2.45) is 7.05 Å². The van der Waals surface area contributed by atoms with Gasteiger partial charge in [-0.2, -0.15) is 5.10 Å². The quantitative estimate of drug-likeness (QED) is 0.659. The molecule has 0 fully saturated rings. The van der Waals surface area contributed by atoms with Gasteiger partial charge in [0.25, 0.3) is 0 Å². The lowest BCUT2D eigenvalue weighted by atomic mass is 10.1. The van der Waals surface area contributed by atoms with E-state index < -0.39 is 0 Å². The minimum atomic E-state index is 0.0544. The highest BCUT2D eigenvalue weighted by atomic mass is 16.2. The molecule has 2 aromatic rings. The number of benzene rings is 1. The lowest BCUT2D eigenvalue weighted by Crippen LogP contribution is -2.36. The minimum Gasteiger partial charge on any atom is -0.338 e. The Bertz CT molecular complexity index is 676. The summed E-state index contributed by atoms with van der Waals surface area (Å²) in [6.45, 7) is 2.36. The number of aryl methyl sites for hydroxylation is 2. The summed E-state index contributed by atoms with van der Waals surface area (Å²) in [6.07, 6.45) is 9.07. The van der Waals surface area contributed by atoms with Gasteiger partial charge in [-0.25, -0.2) is 0 Å². The van der Waals surface area contributed by atoms with E-state index in [1.54, 1.807) is 17.0 Å². The van der Waals surface area contributed by atoms with E-state index in [0.717, 1.165) is 38.0 Å². The summed E-state index contributed by atoms with van der Waals surface area (Å²) in [5.41, 5.74) is 2.25. The van der Waals surface area contributed by atoms with Crippen molar-refractivity contribution < 1.29 is 4.79 Å². The van der Waals surface area contributed by atoms with Gasteiger partial charge < -0.3 is 9.80 Å². The maximum atomic E-state index is 12.6. The van der Waals surface area contributed by atoms with Crippen molar-refractivity contribution in [3.63, 3.8) is 0 Å². The van der Waals surface area contributed by atoms with Gasteiger partial charge in [0.05, 0.1) is 6.20 Å². The molecule has 0 radical (unpaired) electrons. The number of rotatable bonds is 9. The predicted octanol–water partition coefficient (Wildman–Crippen LogP) is 2.46. The van der Waals surface area contributed by atoms with Crippen LogP contribution in [0.3, 0.4) is 0 Å². The molecular weight excluding hydrogens is 312 g/mol. The van der Waals surface area contributed by atoms with Crippen molar-refractivity contribution in [1.29, 1.82) is 0 Å². The fourth-order valence-electron chi connectivity index (χ4n) is 2.57. The van der Waals surface area contributed by atoms with E-state index in [9.17, 15) is 4.79 Å². The molecule has 0 bridgehead atoms. The van der Waals surface area contributed by atoms with E-state index in [-0.39, 0.29) is 5.91 Å². The van der Waals surface area contributed by atoms with Crippen LogP contribution in [0.5, 0.6) is 0 Å². The van der Waals surface area contributed by atoms with E-state index >= 15 is 0 Å². The zero-order valence-corrected chi connectivity index (χ0v) is 15.4. The normalized spacial score (nSPS) is 11.4. The van der Waals surface area contributed by atoms with Crippen molar-refractivity contribution in [3.8, 4) is 0 Å². The third kappa shape index (κ3) is 6.93. The van der Waals surface area contributed by atoms with Gasteiger partial charge in [0.2, 0.25) is 5.91 Å². The van der Waals surface area contributed by atoms with Crippen molar-refractivity contribution in [3.05, 3.63) is 59.9 Å². The highest BCUT2D eigenvalue weighted by molar-refractivity contribution is 5.91. The summed E-state index contributed by atoms with van der Waals surface area (Å²) in [7, 11) is 5.92. The van der Waals surface area contributed by atoms with Gasteiger partial charge in [-0.1, -0.05) is 30.3 Å². The van der Waals surface area contributed by atoms with Gasteiger partial charge in [-0.05, 0) is 38.6 Å². The van der Waals surface area contributed by atoms with Gasteiger partial charge in [0.15, 0.2) is 0 Å². The molecule has 0 N–H and O–H groups in total. The van der Waals surface area contributed by atoms with Crippen LogP contribution in [0.4, 0.5) is 0 Å². The molecule has 0 aliphatic rings. The van der Waals surface area contributed by atoms with Crippen LogP contribution in [0.15, 0.2) is 48.8 Å². The number of nitrogens with zero attached hydrogens (tertiary/aromatic N) is 4. The Morgan fingerprint density at radius 3 is 2.56 bits per heavy atom. The molecule has 2 rings (SSSR count). The smallest absolute Gasteiger partial charge is 0.246 e. The number of carbonyl (C=O) groups excluding carboxylic acids is 1. The minimum absolute atomic E-state index is 0.0544. The Morgan fingerprint density at radius 1 is 1.16 bits per heavy atom. The number of aromatic nitrogens is 2. The molecule has 0 aliphatic carbocycles. The largest absolute Gasteiger partial charge is 0.338 e. The summed E-state index contributed by atoms with van der Waals surface area (Å²) < 4.78 is 1.73. The second kappa shape index (κ2) is 9.79. The first-order valence-corrected chi connectivity index (χ1v) is 8.69. The summed E-state index contributed by atoms with van der Waals surface area (Å²) in [5, 5.41) is 4.12. The Hall–Kier alpha value is -2.40. The number of carbonyl (C=O) groups is 1. The van der Waals surface area contributed by atoms with Crippen molar-refractivity contribution in [1.82, 2.24) is 19.6 Å². The summed E-state index contributed by atoms with van der Waals surface area (Å²) in [5.74, 6) is 0.0544. The fourth-order valence-corrected chi connectivity index (χ4v) is 2.57. The van der Waals surface area contributed by atoms with Gasteiger partial charge in [0.1, 0.15) is 0 Å². The second-order valence-electron chi connectivity index (χ2n) is 6.50. The topological polar surface area (TPSA) is 41.4 Å². The van der Waals surface area contributed by atoms with Crippen LogP contribution in [0.1, 0.15) is 17.5 Å². The van der Waals surface area contributed by atoms with Crippen molar-refractivity contribution >= 4 is 12.0 Å². The third-order valence-electron chi connectivity index (χ3n) is 4.01. The number of amides is 1. The number of likely N-dealkylation sites (N-methyl/N-ethyl adjacent to an activating group) is 1. The maximum Gasteiger partial charge on any atom is 0.246 e. The molecule has 5 nitrogen and oxygen atoms in total. The molecule has 1 aromatic heterocycles. The van der Waals surface area contributed by atoms with Gasteiger partial charge >= 0.3 is 0 Å². The van der Waals surface area contributed by atoms with Crippen LogP contribution >= 0.6 is 0 Å². The van der Waals surface area contributed by atoms with Crippen molar-refractivity contribution in [2.75, 3.05) is 33.7 Å². The summed E-state index contributed by atoms with van der Waals surface area (Å²) in [6, 6.07) is 10.4. The Morgan fingerprint density at radius 2 is 1.92 bits per heavy atom. The van der Waals surface area contributed by atoms with Crippen LogP contribution in [0, 0.1) is 0 Å². The maximum absolute atomic E-state index is 12.6. The first kappa shape index (κ1) is 18.9. The van der Waals surface area contributed by atoms with Gasteiger partial charge in [-0.15, -0.1) is 0 Å². The van der Waals surface area contributed by atoms with Crippen molar-refractivity contribution in [2.45, 2.75) is 12.8 Å². The predicted molar refractivity (Wildman–Crippen MR) is 102 cm³/mol.